The number of carboxylic acids is 1. The van der Waals surface area contributed by atoms with Crippen molar-refractivity contribution in [1.82, 2.24) is 15.0 Å². The van der Waals surface area contributed by atoms with Crippen molar-refractivity contribution in [3.05, 3.63) is 30.1 Å². The SMILES string of the molecule is COc1ccc(NC(=O)Cn2nncc2C(=O)O)c(OC)c1. The van der Waals surface area contributed by atoms with Crippen molar-refractivity contribution in [3.8, 4) is 11.5 Å². The summed E-state index contributed by atoms with van der Waals surface area (Å²) in [6.07, 6.45) is 1.07. The molecule has 1 amide bonds. The number of carbonyl (C=O) groups excluding carboxylic acids is 1. The second kappa shape index (κ2) is 6.57. The minimum Gasteiger partial charge on any atom is -0.497 e. The van der Waals surface area contributed by atoms with Crippen molar-refractivity contribution in [2.24, 2.45) is 0 Å². The van der Waals surface area contributed by atoms with Crippen LogP contribution in [0.5, 0.6) is 11.5 Å². The Morgan fingerprint density at radius 1 is 1.32 bits per heavy atom. The maximum absolute atomic E-state index is 12.0. The normalized spacial score (nSPS) is 10.1. The van der Waals surface area contributed by atoms with E-state index in [1.54, 1.807) is 18.2 Å². The number of carbonyl (C=O) groups is 2. The highest BCUT2D eigenvalue weighted by Crippen LogP contribution is 2.28. The average Bonchev–Trinajstić information content (AvgIpc) is 2.95. The Bertz CT molecular complexity index is 697. The van der Waals surface area contributed by atoms with Crippen molar-refractivity contribution in [2.75, 3.05) is 19.5 Å². The Morgan fingerprint density at radius 2 is 2.09 bits per heavy atom. The van der Waals surface area contributed by atoms with E-state index in [0.717, 1.165) is 10.9 Å². The third-order valence-electron chi connectivity index (χ3n) is 2.81. The molecule has 1 aromatic carbocycles. The van der Waals surface area contributed by atoms with Gasteiger partial charge < -0.3 is 19.9 Å². The fraction of sp³-hybridized carbons (Fsp3) is 0.231. The molecule has 0 saturated carbocycles. The van der Waals surface area contributed by atoms with Gasteiger partial charge in [0, 0.05) is 6.07 Å². The molecule has 1 heterocycles. The van der Waals surface area contributed by atoms with Gasteiger partial charge in [-0.2, -0.15) is 0 Å². The number of nitrogens with one attached hydrogen (secondary N) is 1. The highest BCUT2D eigenvalue weighted by atomic mass is 16.5. The van der Waals surface area contributed by atoms with Gasteiger partial charge >= 0.3 is 5.97 Å². The second-order valence-corrected chi connectivity index (χ2v) is 4.20. The quantitative estimate of drug-likeness (QED) is 0.804. The minimum atomic E-state index is -1.21. The van der Waals surface area contributed by atoms with Crippen LogP contribution in [0.2, 0.25) is 0 Å². The van der Waals surface area contributed by atoms with E-state index in [-0.39, 0.29) is 12.2 Å². The third-order valence-corrected chi connectivity index (χ3v) is 2.81. The fourth-order valence-electron chi connectivity index (χ4n) is 1.77. The molecule has 0 unspecified atom stereocenters. The summed E-state index contributed by atoms with van der Waals surface area (Å²) in [6.45, 7) is -0.281. The van der Waals surface area contributed by atoms with Crippen molar-refractivity contribution in [3.63, 3.8) is 0 Å². The van der Waals surface area contributed by atoms with Crippen molar-refractivity contribution < 1.29 is 24.2 Å². The van der Waals surface area contributed by atoms with E-state index in [9.17, 15) is 9.59 Å². The van der Waals surface area contributed by atoms with Crippen molar-refractivity contribution in [2.45, 2.75) is 6.54 Å². The molecular weight excluding hydrogens is 292 g/mol. The van der Waals surface area contributed by atoms with E-state index in [0.29, 0.717) is 17.2 Å². The summed E-state index contributed by atoms with van der Waals surface area (Å²) >= 11 is 0. The first-order valence-electron chi connectivity index (χ1n) is 6.18. The second-order valence-electron chi connectivity index (χ2n) is 4.20. The smallest absolute Gasteiger partial charge is 0.355 e. The molecule has 2 rings (SSSR count). The van der Waals surface area contributed by atoms with Gasteiger partial charge in [-0.15, -0.1) is 5.10 Å². The summed E-state index contributed by atoms with van der Waals surface area (Å²) < 4.78 is 11.2. The number of carboxylic acid groups (broad SMARTS) is 1. The lowest BCUT2D eigenvalue weighted by atomic mass is 10.2. The molecule has 2 N–H and O–H groups in total. The lowest BCUT2D eigenvalue weighted by Crippen LogP contribution is -2.22. The van der Waals surface area contributed by atoms with Crippen molar-refractivity contribution >= 4 is 17.6 Å². The van der Waals surface area contributed by atoms with Gasteiger partial charge in [0.15, 0.2) is 5.69 Å². The number of ether oxygens (including phenoxy) is 2. The number of amides is 1. The Morgan fingerprint density at radius 3 is 2.73 bits per heavy atom. The van der Waals surface area contributed by atoms with Crippen LogP contribution in [0.15, 0.2) is 24.4 Å². The first-order valence-corrected chi connectivity index (χ1v) is 6.18. The number of rotatable bonds is 6. The van der Waals surface area contributed by atoms with E-state index >= 15 is 0 Å². The number of aromatic nitrogens is 3. The Labute approximate surface area is 125 Å². The van der Waals surface area contributed by atoms with Crippen LogP contribution >= 0.6 is 0 Å². The monoisotopic (exact) mass is 306 g/mol. The number of benzene rings is 1. The largest absolute Gasteiger partial charge is 0.497 e. The number of hydrogen-bond acceptors (Lipinski definition) is 6. The van der Waals surface area contributed by atoms with Crippen LogP contribution in [0.25, 0.3) is 0 Å². The molecule has 0 bridgehead atoms. The molecule has 0 fully saturated rings. The van der Waals surface area contributed by atoms with E-state index in [1.165, 1.54) is 14.2 Å². The van der Waals surface area contributed by atoms with E-state index in [2.05, 4.69) is 15.6 Å². The molecule has 0 aliphatic heterocycles. The van der Waals surface area contributed by atoms with Crippen LogP contribution in [-0.4, -0.2) is 46.2 Å². The molecule has 1 aromatic heterocycles. The van der Waals surface area contributed by atoms with Crippen LogP contribution in [-0.2, 0) is 11.3 Å². The maximum atomic E-state index is 12.0. The minimum absolute atomic E-state index is 0.170. The Hall–Kier alpha value is -3.10. The molecule has 0 atom stereocenters. The van der Waals surface area contributed by atoms with Gasteiger partial charge in [-0.05, 0) is 12.1 Å². The van der Waals surface area contributed by atoms with E-state index in [4.69, 9.17) is 14.6 Å². The van der Waals surface area contributed by atoms with E-state index < -0.39 is 11.9 Å². The first-order chi connectivity index (χ1) is 10.5. The lowest BCUT2D eigenvalue weighted by Gasteiger charge is -2.11. The zero-order chi connectivity index (χ0) is 16.1. The zero-order valence-electron chi connectivity index (χ0n) is 11.9. The van der Waals surface area contributed by atoms with Crippen LogP contribution in [0.4, 0.5) is 5.69 Å². The molecule has 0 aliphatic carbocycles. The van der Waals surface area contributed by atoms with Gasteiger partial charge in [0.05, 0.1) is 26.1 Å². The van der Waals surface area contributed by atoms with E-state index in [1.807, 2.05) is 0 Å². The van der Waals surface area contributed by atoms with Crippen LogP contribution < -0.4 is 14.8 Å². The van der Waals surface area contributed by atoms with Crippen LogP contribution in [0, 0.1) is 0 Å². The topological polar surface area (TPSA) is 116 Å². The fourth-order valence-corrected chi connectivity index (χ4v) is 1.77. The Kier molecular flexibility index (Phi) is 4.57. The van der Waals surface area contributed by atoms with Gasteiger partial charge in [0.2, 0.25) is 5.91 Å². The zero-order valence-corrected chi connectivity index (χ0v) is 11.9. The molecule has 2 aromatic rings. The average molecular weight is 306 g/mol. The number of nitrogens with zero attached hydrogens (tertiary/aromatic N) is 3. The summed E-state index contributed by atoms with van der Waals surface area (Å²) in [4.78, 5) is 22.9. The predicted molar refractivity (Wildman–Crippen MR) is 75.2 cm³/mol. The maximum Gasteiger partial charge on any atom is 0.355 e. The third kappa shape index (κ3) is 3.32. The highest BCUT2D eigenvalue weighted by molar-refractivity contribution is 5.93. The van der Waals surface area contributed by atoms with Gasteiger partial charge in [0.1, 0.15) is 18.0 Å². The molecule has 22 heavy (non-hydrogen) atoms. The summed E-state index contributed by atoms with van der Waals surface area (Å²) in [5.74, 6) is -0.666. The van der Waals surface area contributed by atoms with Gasteiger partial charge in [0.25, 0.3) is 0 Å². The molecule has 0 aliphatic rings. The van der Waals surface area contributed by atoms with Crippen molar-refractivity contribution in [1.29, 1.82) is 0 Å². The van der Waals surface area contributed by atoms with Crippen LogP contribution in [0.1, 0.15) is 10.5 Å². The number of anilines is 1. The number of hydrogen-bond donors (Lipinski definition) is 2. The Balaban J connectivity index is 2.12. The first kappa shape index (κ1) is 15.3. The summed E-state index contributed by atoms with van der Waals surface area (Å²) in [5, 5.41) is 18.6. The van der Waals surface area contributed by atoms with Gasteiger partial charge in [-0.1, -0.05) is 5.21 Å². The molecular formula is C13H14N4O5. The number of methoxy groups -OCH3 is 2. The lowest BCUT2D eigenvalue weighted by molar-refractivity contribution is -0.117. The molecule has 9 heteroatoms. The molecule has 9 nitrogen and oxygen atoms in total. The highest BCUT2D eigenvalue weighted by Gasteiger charge is 2.15. The predicted octanol–water partition coefficient (Wildman–Crippen LogP) is 0.632. The molecule has 0 saturated heterocycles. The summed E-state index contributed by atoms with van der Waals surface area (Å²) in [7, 11) is 2.98. The molecule has 0 radical (unpaired) electrons. The molecule has 116 valence electrons. The van der Waals surface area contributed by atoms with Gasteiger partial charge in [-0.3, -0.25) is 4.79 Å². The van der Waals surface area contributed by atoms with Gasteiger partial charge in [-0.25, -0.2) is 9.48 Å². The summed E-state index contributed by atoms with van der Waals surface area (Å²) in [6, 6.07) is 4.90. The number of aromatic carboxylic acids is 1. The standard InChI is InChI=1S/C13H14N4O5/c1-21-8-3-4-9(11(5-8)22-2)15-12(18)7-17-10(13(19)20)6-14-16-17/h3-6H,7H2,1-2H3,(H,15,18)(H,19,20). The molecule has 0 spiro atoms. The van der Waals surface area contributed by atoms with Crippen LogP contribution in [0.3, 0.4) is 0 Å². The summed E-state index contributed by atoms with van der Waals surface area (Å²) in [5.41, 5.74) is 0.266.